The molecule has 2 rings (SSSR count). The smallest absolute Gasteiger partial charge is 0.305 e. The number of esters is 1. The summed E-state index contributed by atoms with van der Waals surface area (Å²) < 4.78 is 36.3. The summed E-state index contributed by atoms with van der Waals surface area (Å²) in [5.41, 5.74) is -0.169. The lowest BCUT2D eigenvalue weighted by atomic mass is 9.88. The second-order valence-corrected chi connectivity index (χ2v) is 11.3. The first-order chi connectivity index (χ1) is 17.5. The third-order valence-corrected chi connectivity index (χ3v) is 7.96. The van der Waals surface area contributed by atoms with E-state index in [1.165, 1.54) is 19.2 Å². The Morgan fingerprint density at radius 3 is 2.59 bits per heavy atom. The van der Waals surface area contributed by atoms with Crippen molar-refractivity contribution in [3.8, 4) is 11.8 Å². The minimum atomic E-state index is -4.03. The molecule has 0 aliphatic heterocycles. The number of ether oxygens (including phenoxy) is 1. The summed E-state index contributed by atoms with van der Waals surface area (Å²) in [5.74, 6) is 4.76. The minimum Gasteiger partial charge on any atom is -0.469 e. The maximum absolute atomic E-state index is 13.0. The Morgan fingerprint density at radius 1 is 1.24 bits per heavy atom. The molecule has 1 fully saturated rings. The molecule has 0 aromatic heterocycles. The van der Waals surface area contributed by atoms with Gasteiger partial charge in [0.2, 0.25) is 0 Å². The van der Waals surface area contributed by atoms with Gasteiger partial charge in [-0.2, -0.15) is 8.42 Å². The molecule has 0 radical (unpaired) electrons. The summed E-state index contributed by atoms with van der Waals surface area (Å²) in [5, 5.41) is 21.6. The lowest BCUT2D eigenvalue weighted by Crippen LogP contribution is -2.26. The van der Waals surface area contributed by atoms with Crippen molar-refractivity contribution < 1.29 is 32.3 Å². The van der Waals surface area contributed by atoms with Crippen molar-refractivity contribution in [2.75, 3.05) is 7.11 Å². The zero-order chi connectivity index (χ0) is 27.5. The molecule has 1 aromatic carbocycles. The summed E-state index contributed by atoms with van der Waals surface area (Å²) >= 11 is 0. The molecular formula is C29H40O7S. The second-order valence-electron chi connectivity index (χ2n) is 9.76. The highest BCUT2D eigenvalue weighted by Gasteiger charge is 2.43. The number of methoxy groups -OCH3 is 1. The fourth-order valence-electron chi connectivity index (χ4n) is 4.40. The third-order valence-electron chi connectivity index (χ3n) is 6.61. The number of carbonyl (C=O) groups excluding carboxylic acids is 1. The van der Waals surface area contributed by atoms with E-state index in [1.807, 2.05) is 19.1 Å². The lowest BCUT2D eigenvalue weighted by Gasteiger charge is -2.24. The number of hydrogen-bond acceptors (Lipinski definition) is 7. The normalized spacial score (nSPS) is 23.6. The van der Waals surface area contributed by atoms with Crippen LogP contribution in [0, 0.1) is 30.6 Å². The van der Waals surface area contributed by atoms with E-state index in [-0.39, 0.29) is 23.2 Å². The van der Waals surface area contributed by atoms with Crippen LogP contribution in [0.2, 0.25) is 0 Å². The Hall–Kier alpha value is -2.44. The maximum Gasteiger partial charge on any atom is 0.305 e. The van der Waals surface area contributed by atoms with Gasteiger partial charge < -0.3 is 14.9 Å². The molecule has 37 heavy (non-hydrogen) atoms. The number of carbonyl (C=O) groups is 1. The Kier molecular flexibility index (Phi) is 12.1. The number of allylic oxidation sites excluding steroid dienone is 2. The molecule has 0 saturated heterocycles. The Morgan fingerprint density at radius 2 is 1.95 bits per heavy atom. The number of aryl methyl sites for hydroxylation is 1. The van der Waals surface area contributed by atoms with Crippen molar-refractivity contribution in [2.24, 2.45) is 11.8 Å². The van der Waals surface area contributed by atoms with Crippen LogP contribution in [0.5, 0.6) is 0 Å². The van der Waals surface area contributed by atoms with Crippen LogP contribution in [0.1, 0.15) is 64.4 Å². The number of benzene rings is 1. The van der Waals surface area contributed by atoms with E-state index in [1.54, 1.807) is 38.1 Å². The fourth-order valence-corrected chi connectivity index (χ4v) is 5.52. The van der Waals surface area contributed by atoms with Gasteiger partial charge in [0, 0.05) is 25.2 Å². The summed E-state index contributed by atoms with van der Waals surface area (Å²) in [4.78, 5) is 11.4. The van der Waals surface area contributed by atoms with Crippen LogP contribution in [-0.2, 0) is 23.8 Å². The van der Waals surface area contributed by atoms with Gasteiger partial charge in [-0.05, 0) is 64.5 Å². The molecule has 5 atom stereocenters. The number of unbranched alkanes of at least 4 members (excludes halogenated alkanes) is 1. The molecule has 0 amide bonds. The van der Waals surface area contributed by atoms with Crippen LogP contribution < -0.4 is 0 Å². The van der Waals surface area contributed by atoms with E-state index in [2.05, 4.69) is 16.6 Å². The first-order valence-corrected chi connectivity index (χ1v) is 14.1. The van der Waals surface area contributed by atoms with Crippen LogP contribution >= 0.6 is 0 Å². The van der Waals surface area contributed by atoms with Gasteiger partial charge in [-0.1, -0.05) is 42.0 Å². The highest BCUT2D eigenvalue weighted by atomic mass is 32.2. The van der Waals surface area contributed by atoms with E-state index in [4.69, 9.17) is 4.18 Å². The van der Waals surface area contributed by atoms with Gasteiger partial charge >= 0.3 is 5.97 Å². The molecule has 204 valence electrons. The first kappa shape index (κ1) is 30.8. The molecule has 0 heterocycles. The average Bonchev–Trinajstić information content (AvgIpc) is 3.13. The number of rotatable bonds is 13. The summed E-state index contributed by atoms with van der Waals surface area (Å²) in [7, 11) is -2.67. The van der Waals surface area contributed by atoms with Crippen LogP contribution in [0.15, 0.2) is 53.5 Å². The van der Waals surface area contributed by atoms with Crippen LogP contribution in [0.4, 0.5) is 0 Å². The van der Waals surface area contributed by atoms with E-state index >= 15 is 0 Å². The molecular weight excluding hydrogens is 492 g/mol. The number of aliphatic hydroxyl groups excluding tert-OH is 1. The SMILES string of the molecule is CC#CCCC(C)(O)/C=C/[C@@H]1[C@@H](C/C=C\CCCC(=O)OC)[C@H](OS(=O)(=O)c2ccc(C)cc2)C[C@H]1O. The predicted octanol–water partition coefficient (Wildman–Crippen LogP) is 4.47. The van der Waals surface area contributed by atoms with Gasteiger partial charge in [0.05, 0.1) is 29.8 Å². The molecule has 1 aliphatic carbocycles. The topological polar surface area (TPSA) is 110 Å². The van der Waals surface area contributed by atoms with Gasteiger partial charge in [0.15, 0.2) is 0 Å². The largest absolute Gasteiger partial charge is 0.469 e. The summed E-state index contributed by atoms with van der Waals surface area (Å²) in [6.45, 7) is 5.31. The quantitative estimate of drug-likeness (QED) is 0.127. The second kappa shape index (κ2) is 14.5. The van der Waals surface area contributed by atoms with Crippen LogP contribution in [0.25, 0.3) is 0 Å². The van der Waals surface area contributed by atoms with E-state index in [0.717, 1.165) is 5.56 Å². The van der Waals surface area contributed by atoms with E-state index in [0.29, 0.717) is 38.5 Å². The van der Waals surface area contributed by atoms with Crippen molar-refractivity contribution in [3.05, 3.63) is 54.1 Å². The molecule has 7 nitrogen and oxygen atoms in total. The molecule has 0 spiro atoms. The lowest BCUT2D eigenvalue weighted by molar-refractivity contribution is -0.140. The van der Waals surface area contributed by atoms with Gasteiger partial charge in [0.25, 0.3) is 10.1 Å². The van der Waals surface area contributed by atoms with Crippen molar-refractivity contribution in [2.45, 2.75) is 88.4 Å². The fraction of sp³-hybridized carbons (Fsp3) is 0.552. The van der Waals surface area contributed by atoms with Gasteiger partial charge in [-0.25, -0.2) is 0 Å². The molecule has 1 unspecified atom stereocenters. The zero-order valence-corrected chi connectivity index (χ0v) is 23.0. The van der Waals surface area contributed by atoms with Crippen LogP contribution in [-0.4, -0.2) is 49.5 Å². The molecule has 1 saturated carbocycles. The molecule has 2 N–H and O–H groups in total. The minimum absolute atomic E-state index is 0.0728. The van der Waals surface area contributed by atoms with Crippen LogP contribution in [0.3, 0.4) is 0 Å². The Labute approximate surface area is 221 Å². The van der Waals surface area contributed by atoms with Gasteiger partial charge in [-0.3, -0.25) is 8.98 Å². The predicted molar refractivity (Wildman–Crippen MR) is 143 cm³/mol. The molecule has 0 bridgehead atoms. The highest BCUT2D eigenvalue weighted by molar-refractivity contribution is 7.86. The first-order valence-electron chi connectivity index (χ1n) is 12.7. The Balaban J connectivity index is 2.19. The van der Waals surface area contributed by atoms with Gasteiger partial charge in [0.1, 0.15) is 0 Å². The summed E-state index contributed by atoms with van der Waals surface area (Å²) in [6.07, 6.45) is 9.03. The highest BCUT2D eigenvalue weighted by Crippen LogP contribution is 2.40. The Bertz CT molecular complexity index is 1090. The molecule has 1 aromatic rings. The third kappa shape index (κ3) is 10.1. The van der Waals surface area contributed by atoms with Gasteiger partial charge in [-0.15, -0.1) is 11.8 Å². The van der Waals surface area contributed by atoms with E-state index in [9.17, 15) is 23.4 Å². The van der Waals surface area contributed by atoms with Crippen molar-refractivity contribution in [1.29, 1.82) is 0 Å². The standard InChI is InChI=1S/C29H40O7S/c1-5-6-11-19-29(3,32)20-18-24-25(12-9-7-8-10-13-28(31)35-4)27(21-26(24)30)36-37(33,34)23-16-14-22(2)15-17-23/h7,9,14-18,20,24-27,30,32H,8,10-13,19,21H2,1-4H3/b9-7-,20-18+/t24-,25-,26-,27-,29?/m1/s1. The molecule has 1 aliphatic rings. The summed E-state index contributed by atoms with van der Waals surface area (Å²) in [6, 6.07) is 6.45. The average molecular weight is 533 g/mol. The number of hydrogen-bond donors (Lipinski definition) is 2. The zero-order valence-electron chi connectivity index (χ0n) is 22.2. The molecule has 8 heteroatoms. The van der Waals surface area contributed by atoms with E-state index < -0.39 is 33.8 Å². The van der Waals surface area contributed by atoms with Crippen molar-refractivity contribution in [3.63, 3.8) is 0 Å². The number of aliphatic hydroxyl groups is 2. The van der Waals surface area contributed by atoms with Crippen molar-refractivity contribution >= 4 is 16.1 Å². The maximum atomic E-state index is 13.0. The monoisotopic (exact) mass is 532 g/mol. The van der Waals surface area contributed by atoms with Crippen molar-refractivity contribution in [1.82, 2.24) is 0 Å².